The highest BCUT2D eigenvalue weighted by atomic mass is 32.2. The van der Waals surface area contributed by atoms with Crippen LogP contribution in [0.5, 0.6) is 0 Å². The van der Waals surface area contributed by atoms with Crippen LogP contribution >= 0.6 is 7.26 Å². The van der Waals surface area contributed by atoms with E-state index in [1.54, 1.807) is 0 Å². The Balaban J connectivity index is 0.000000233. The fourth-order valence-corrected chi connectivity index (χ4v) is 9.54. The summed E-state index contributed by atoms with van der Waals surface area (Å²) in [5.74, 6) is -2.99. The van der Waals surface area contributed by atoms with E-state index in [1.165, 1.54) is 21.2 Å². The van der Waals surface area contributed by atoms with Crippen molar-refractivity contribution < 1.29 is 47.7 Å². The zero-order chi connectivity index (χ0) is 35.0. The molecule has 0 atom stereocenters. The predicted molar refractivity (Wildman–Crippen MR) is 186 cm³/mol. The van der Waals surface area contributed by atoms with E-state index in [0.29, 0.717) is 25.3 Å². The molecule has 12 heteroatoms. The molecule has 0 aliphatic heterocycles. The minimum absolute atomic E-state index is 0.0278. The molecule has 0 saturated carbocycles. The van der Waals surface area contributed by atoms with Crippen LogP contribution in [0.1, 0.15) is 20.7 Å². The van der Waals surface area contributed by atoms with Crippen LogP contribution in [-0.2, 0) is 14.9 Å². The van der Waals surface area contributed by atoms with Gasteiger partial charge in [-0.05, 0) is 66.7 Å². The summed E-state index contributed by atoms with van der Waals surface area (Å²) in [6, 6.07) is 46.0. The number of carboxylic acids is 2. The Kier molecular flexibility index (Phi) is 14.6. The number of hydrogen-bond donors (Lipinski definition) is 5. The molecule has 5 aromatic carbocycles. The molecule has 250 valence electrons. The molecule has 0 aliphatic rings. The predicted octanol–water partition coefficient (Wildman–Crippen LogP) is 3.62. The lowest BCUT2D eigenvalue weighted by Gasteiger charge is -2.27. The van der Waals surface area contributed by atoms with Crippen LogP contribution in [0.25, 0.3) is 0 Å². The molecule has 0 bridgehead atoms. The topological polar surface area (TPSA) is 179 Å². The fourth-order valence-electron chi connectivity index (χ4n) is 4.73. The Bertz CT molecular complexity index is 1640. The second-order valence-corrected chi connectivity index (χ2v) is 14.7. The van der Waals surface area contributed by atoms with Gasteiger partial charge in [-0.2, -0.15) is 8.42 Å². The first kappa shape index (κ1) is 37.7. The third kappa shape index (κ3) is 10.1. The summed E-state index contributed by atoms with van der Waals surface area (Å²) in [6.07, 6.45) is 0. The molecule has 0 amide bonds. The smallest absolute Gasteiger partial charge is 0.335 e. The minimum atomic E-state index is -4.64. The Labute approximate surface area is 279 Å². The van der Waals surface area contributed by atoms with Gasteiger partial charge in [-0.25, -0.2) is 9.59 Å². The SMILES string of the molecule is O=C(O)c1cc(C(=O)O)cc(S(=O)(=O)O)c1.OCCOCCO.c1ccc([P+](c2ccccc2)(c2ccccc2)c2ccccc2)cc1. The molecule has 5 aromatic rings. The van der Waals surface area contributed by atoms with Crippen molar-refractivity contribution >= 4 is 50.5 Å². The summed E-state index contributed by atoms with van der Waals surface area (Å²) in [5.41, 5.74) is -1.07. The first-order valence-electron chi connectivity index (χ1n) is 14.6. The van der Waals surface area contributed by atoms with Crippen molar-refractivity contribution in [1.29, 1.82) is 0 Å². The van der Waals surface area contributed by atoms with E-state index in [9.17, 15) is 18.0 Å². The largest absolute Gasteiger partial charge is 0.478 e. The number of rotatable bonds is 11. The van der Waals surface area contributed by atoms with Crippen LogP contribution in [-0.4, -0.2) is 71.8 Å². The molecule has 0 radical (unpaired) electrons. The van der Waals surface area contributed by atoms with E-state index in [0.717, 1.165) is 6.07 Å². The van der Waals surface area contributed by atoms with E-state index in [4.69, 9.17) is 25.0 Å². The molecule has 0 fully saturated rings. The third-order valence-electron chi connectivity index (χ3n) is 6.74. The van der Waals surface area contributed by atoms with Gasteiger partial charge >= 0.3 is 11.9 Å². The average molecular weight is 692 g/mol. The number of aromatic carboxylic acids is 2. The van der Waals surface area contributed by atoms with Crippen LogP contribution in [0.2, 0.25) is 0 Å². The molecular formula is C36H36O10PS+. The summed E-state index contributed by atoms with van der Waals surface area (Å²) in [7, 11) is -6.55. The fraction of sp³-hybridized carbons (Fsp3) is 0.111. The highest BCUT2D eigenvalue weighted by molar-refractivity contribution is 8.01. The number of carboxylic acid groups (broad SMARTS) is 2. The van der Waals surface area contributed by atoms with E-state index in [1.807, 2.05) is 0 Å². The van der Waals surface area contributed by atoms with Crippen molar-refractivity contribution in [3.05, 3.63) is 151 Å². The van der Waals surface area contributed by atoms with Crippen molar-refractivity contribution in [2.75, 3.05) is 26.4 Å². The molecule has 0 heterocycles. The molecule has 5 rings (SSSR count). The number of benzene rings is 5. The summed E-state index contributed by atoms with van der Waals surface area (Å²) >= 11 is 0. The molecule has 0 spiro atoms. The van der Waals surface area contributed by atoms with Gasteiger partial charge in [0.05, 0.1) is 42.4 Å². The minimum Gasteiger partial charge on any atom is -0.478 e. The normalized spacial score (nSPS) is 10.9. The quantitative estimate of drug-likeness (QED) is 0.0781. The van der Waals surface area contributed by atoms with E-state index < -0.39 is 45.3 Å². The second kappa shape index (κ2) is 18.6. The molecular weight excluding hydrogens is 655 g/mol. The van der Waals surface area contributed by atoms with Gasteiger partial charge in [0.1, 0.15) is 28.5 Å². The Morgan fingerprint density at radius 1 is 0.542 bits per heavy atom. The lowest BCUT2D eigenvalue weighted by Crippen LogP contribution is -2.38. The Hall–Kier alpha value is -4.74. The van der Waals surface area contributed by atoms with Crippen LogP contribution in [0.15, 0.2) is 144 Å². The van der Waals surface area contributed by atoms with Crippen LogP contribution in [0, 0.1) is 0 Å². The zero-order valence-corrected chi connectivity index (χ0v) is 27.5. The van der Waals surface area contributed by atoms with Gasteiger partial charge < -0.3 is 25.2 Å². The number of ether oxygens (including phenoxy) is 1. The lowest BCUT2D eigenvalue weighted by molar-refractivity contribution is 0.0650. The number of aliphatic hydroxyl groups is 2. The summed E-state index contributed by atoms with van der Waals surface area (Å²) < 4.78 is 34.8. The maximum absolute atomic E-state index is 10.8. The van der Waals surface area contributed by atoms with Crippen LogP contribution < -0.4 is 21.2 Å². The van der Waals surface area contributed by atoms with Gasteiger partial charge in [0, 0.05) is 0 Å². The third-order valence-corrected chi connectivity index (χ3v) is 11.9. The highest BCUT2D eigenvalue weighted by Gasteiger charge is 2.47. The van der Waals surface area contributed by atoms with Crippen molar-refractivity contribution in [2.24, 2.45) is 0 Å². The van der Waals surface area contributed by atoms with E-state index in [2.05, 4.69) is 126 Å². The lowest BCUT2D eigenvalue weighted by atomic mass is 10.1. The van der Waals surface area contributed by atoms with Gasteiger partial charge in [-0.15, -0.1) is 0 Å². The number of carbonyl (C=O) groups is 2. The molecule has 5 N–H and O–H groups in total. The summed E-state index contributed by atoms with van der Waals surface area (Å²) in [4.78, 5) is 20.4. The highest BCUT2D eigenvalue weighted by Crippen LogP contribution is 2.53. The van der Waals surface area contributed by atoms with Crippen LogP contribution in [0.4, 0.5) is 0 Å². The van der Waals surface area contributed by atoms with Crippen molar-refractivity contribution in [2.45, 2.75) is 4.90 Å². The van der Waals surface area contributed by atoms with Crippen molar-refractivity contribution in [3.8, 4) is 0 Å². The van der Waals surface area contributed by atoms with E-state index in [-0.39, 0.29) is 13.2 Å². The maximum Gasteiger partial charge on any atom is 0.335 e. The molecule has 10 nitrogen and oxygen atoms in total. The standard InChI is InChI=1S/C24H20P.C8H6O7S.C4H10O3/c1-5-13-21(14-6-1)25(22-15-7-2-8-16-22,23-17-9-3-10-18-23)24-19-11-4-12-20-24;9-7(10)4-1-5(8(11)12)3-6(2-4)16(13,14)15;5-1-3-7-4-2-6/h1-20H;1-3H,(H,9,10)(H,11,12)(H,13,14,15);5-6H,1-4H2/q+1;;. The maximum atomic E-state index is 10.8. The summed E-state index contributed by atoms with van der Waals surface area (Å²) in [6.45, 7) is 0.696. The van der Waals surface area contributed by atoms with Gasteiger partial charge in [0.15, 0.2) is 0 Å². The number of hydrogen-bond acceptors (Lipinski definition) is 7. The van der Waals surface area contributed by atoms with Crippen molar-refractivity contribution in [1.82, 2.24) is 0 Å². The van der Waals surface area contributed by atoms with E-state index >= 15 is 0 Å². The monoisotopic (exact) mass is 691 g/mol. The van der Waals surface area contributed by atoms with Gasteiger partial charge in [0.25, 0.3) is 10.1 Å². The Morgan fingerprint density at radius 2 is 0.833 bits per heavy atom. The molecule has 0 aliphatic carbocycles. The molecule has 0 aromatic heterocycles. The zero-order valence-electron chi connectivity index (χ0n) is 25.7. The van der Waals surface area contributed by atoms with Gasteiger partial charge in [-0.3, -0.25) is 4.55 Å². The molecule has 0 saturated heterocycles. The number of aliphatic hydroxyl groups excluding tert-OH is 2. The second-order valence-electron chi connectivity index (χ2n) is 9.90. The summed E-state index contributed by atoms with van der Waals surface area (Å²) in [5, 5.41) is 38.9. The molecule has 48 heavy (non-hydrogen) atoms. The van der Waals surface area contributed by atoms with Crippen LogP contribution in [0.3, 0.4) is 0 Å². The Morgan fingerprint density at radius 3 is 1.06 bits per heavy atom. The average Bonchev–Trinajstić information content (AvgIpc) is 3.11. The first-order valence-corrected chi connectivity index (χ1v) is 17.8. The van der Waals surface area contributed by atoms with Gasteiger partial charge in [-0.1, -0.05) is 72.8 Å². The molecule has 0 unspecified atom stereocenters. The first-order chi connectivity index (χ1) is 23.0. The van der Waals surface area contributed by atoms with Gasteiger partial charge in [0.2, 0.25) is 0 Å². The van der Waals surface area contributed by atoms with Crippen molar-refractivity contribution in [3.63, 3.8) is 0 Å².